The van der Waals surface area contributed by atoms with E-state index in [9.17, 15) is 0 Å². The predicted octanol–water partition coefficient (Wildman–Crippen LogP) is -1.71. The fraction of sp³-hybridized carbons (Fsp3) is 1.00. The summed E-state index contributed by atoms with van der Waals surface area (Å²) in [5.74, 6) is 0. The van der Waals surface area contributed by atoms with Gasteiger partial charge in [0.15, 0.2) is 0 Å². The summed E-state index contributed by atoms with van der Waals surface area (Å²) in [7, 11) is 0. The summed E-state index contributed by atoms with van der Waals surface area (Å²) in [4.78, 5) is 14.8. The molecule has 12 heteroatoms. The second-order valence-electron chi connectivity index (χ2n) is 13.1. The van der Waals surface area contributed by atoms with Crippen LogP contribution in [0.25, 0.3) is 0 Å². The van der Waals surface area contributed by atoms with E-state index >= 15 is 0 Å². The molecule has 12 nitrogen and oxygen atoms in total. The second kappa shape index (κ2) is 24.7. The van der Waals surface area contributed by atoms with Crippen LogP contribution in [0.5, 0.6) is 0 Å². The van der Waals surface area contributed by atoms with Crippen molar-refractivity contribution in [2.75, 3.05) is 131 Å². The zero-order valence-electron chi connectivity index (χ0n) is 28.7. The molecule has 0 saturated carbocycles. The summed E-state index contributed by atoms with van der Waals surface area (Å²) in [6.07, 6.45) is 3.35. The van der Waals surface area contributed by atoms with E-state index in [1.54, 1.807) is 0 Å². The topological polar surface area (TPSA) is 176 Å². The van der Waals surface area contributed by atoms with Gasteiger partial charge in [-0.15, -0.1) is 0 Å². The third-order valence-electron chi connectivity index (χ3n) is 9.04. The van der Waals surface area contributed by atoms with Gasteiger partial charge in [0.2, 0.25) is 0 Å². The average molecular weight is 615 g/mol. The molecular weight excluding hydrogens is 540 g/mol. The van der Waals surface area contributed by atoms with Crippen LogP contribution in [0, 0.1) is 0 Å². The highest BCUT2D eigenvalue weighted by Crippen LogP contribution is 2.08. The largest absolute Gasteiger partial charge is 0.330 e. The first-order valence-corrected chi connectivity index (χ1v) is 17.3. The van der Waals surface area contributed by atoms with E-state index in [1.807, 2.05) is 0 Å². The summed E-state index contributed by atoms with van der Waals surface area (Å²) >= 11 is 0. The molecule has 0 amide bonds. The van der Waals surface area contributed by atoms with E-state index in [4.69, 9.17) is 34.4 Å². The van der Waals surface area contributed by atoms with Crippen LogP contribution >= 0.6 is 0 Å². The van der Waals surface area contributed by atoms with Gasteiger partial charge < -0.3 is 49.1 Å². The Morgan fingerprint density at radius 2 is 0.767 bits per heavy atom. The minimum absolute atomic E-state index is 0.260. The highest BCUT2D eigenvalue weighted by atomic mass is 15.3. The van der Waals surface area contributed by atoms with Crippen LogP contribution in [0.1, 0.15) is 47.0 Å². The van der Waals surface area contributed by atoms with Gasteiger partial charge in [-0.05, 0) is 73.1 Å². The molecular formula is C31H74N12. The molecule has 0 aromatic rings. The Hall–Kier alpha value is -0.480. The van der Waals surface area contributed by atoms with Crippen molar-refractivity contribution in [3.63, 3.8) is 0 Å². The fourth-order valence-electron chi connectivity index (χ4n) is 5.65. The first kappa shape index (κ1) is 40.5. The highest BCUT2D eigenvalue weighted by molar-refractivity contribution is 4.80. The SMILES string of the molecule is CC(N)C(C)N1CCN(CCN)CC1.CC(N)CCN1CCN(CCCN)CC1.CC(N)CCN1CCN(CCN)CC1. The van der Waals surface area contributed by atoms with Gasteiger partial charge >= 0.3 is 0 Å². The molecule has 3 fully saturated rings. The lowest BCUT2D eigenvalue weighted by Gasteiger charge is -2.39. The van der Waals surface area contributed by atoms with Crippen LogP contribution in [0.3, 0.4) is 0 Å². The molecule has 3 aliphatic heterocycles. The molecule has 12 N–H and O–H groups in total. The van der Waals surface area contributed by atoms with E-state index in [0.717, 1.165) is 111 Å². The molecule has 4 atom stereocenters. The van der Waals surface area contributed by atoms with Gasteiger partial charge in [0, 0.05) is 129 Å². The molecule has 0 radical (unpaired) electrons. The van der Waals surface area contributed by atoms with Crippen molar-refractivity contribution in [1.29, 1.82) is 0 Å². The van der Waals surface area contributed by atoms with Gasteiger partial charge in [-0.3, -0.25) is 14.7 Å². The van der Waals surface area contributed by atoms with E-state index in [0.29, 0.717) is 18.1 Å². The maximum Gasteiger partial charge on any atom is 0.0217 e. The van der Waals surface area contributed by atoms with Crippen LogP contribution in [0.2, 0.25) is 0 Å². The van der Waals surface area contributed by atoms with Crippen LogP contribution in [0.4, 0.5) is 0 Å². The zero-order valence-corrected chi connectivity index (χ0v) is 28.7. The van der Waals surface area contributed by atoms with Gasteiger partial charge in [-0.1, -0.05) is 0 Å². The van der Waals surface area contributed by atoms with E-state index in [-0.39, 0.29) is 6.04 Å². The van der Waals surface area contributed by atoms with Crippen LogP contribution < -0.4 is 34.4 Å². The molecule has 0 bridgehead atoms. The van der Waals surface area contributed by atoms with Crippen molar-refractivity contribution in [3.8, 4) is 0 Å². The monoisotopic (exact) mass is 615 g/mol. The molecule has 3 saturated heterocycles. The summed E-state index contributed by atoms with van der Waals surface area (Å²) in [6.45, 7) is 30.3. The molecule has 0 aromatic carbocycles. The van der Waals surface area contributed by atoms with Crippen LogP contribution in [0.15, 0.2) is 0 Å². The molecule has 3 heterocycles. The Morgan fingerprint density at radius 3 is 1.07 bits per heavy atom. The molecule has 258 valence electrons. The smallest absolute Gasteiger partial charge is 0.0217 e. The minimum Gasteiger partial charge on any atom is -0.330 e. The number of hydrogen-bond donors (Lipinski definition) is 6. The minimum atomic E-state index is 0.260. The molecule has 0 aliphatic carbocycles. The van der Waals surface area contributed by atoms with Crippen molar-refractivity contribution >= 4 is 0 Å². The molecule has 0 aromatic heterocycles. The summed E-state index contributed by atoms with van der Waals surface area (Å²) < 4.78 is 0. The molecule has 3 aliphatic rings. The number of piperazine rings is 3. The number of hydrogen-bond acceptors (Lipinski definition) is 12. The molecule has 4 unspecified atom stereocenters. The van der Waals surface area contributed by atoms with Crippen molar-refractivity contribution in [1.82, 2.24) is 29.4 Å². The molecule has 3 rings (SSSR count). The quantitative estimate of drug-likeness (QED) is 0.123. The third kappa shape index (κ3) is 19.6. The Labute approximate surface area is 265 Å². The summed E-state index contributed by atoms with van der Waals surface area (Å²) in [5, 5.41) is 0. The number of nitrogens with two attached hydrogens (primary N) is 6. The lowest BCUT2D eigenvalue weighted by atomic mass is 10.1. The second-order valence-corrected chi connectivity index (χ2v) is 13.1. The standard InChI is InChI=1S/C11H26N4.2C10H24N4/c1-11(13)3-6-15-9-7-14(8-10-15)5-2-4-12;1-9(12)10(2)14-7-5-13(4-3-11)6-8-14;1-10(12)2-4-13-6-8-14(5-3-11)9-7-13/h11H,2-10,12-13H2,1H3;9-10H,3-8,11-12H2,1-2H3;10H,2-9,11-12H2,1H3. The fourth-order valence-corrected chi connectivity index (χ4v) is 5.65. The summed E-state index contributed by atoms with van der Waals surface area (Å²) in [5.41, 5.74) is 33.9. The Bertz CT molecular complexity index is 614. The third-order valence-corrected chi connectivity index (χ3v) is 9.04. The van der Waals surface area contributed by atoms with Crippen molar-refractivity contribution in [2.45, 2.75) is 71.1 Å². The molecule has 0 spiro atoms. The van der Waals surface area contributed by atoms with Gasteiger partial charge in [-0.2, -0.15) is 0 Å². The molecule has 43 heavy (non-hydrogen) atoms. The first-order chi connectivity index (χ1) is 20.6. The Balaban J connectivity index is 0.000000323. The van der Waals surface area contributed by atoms with Gasteiger partial charge in [0.1, 0.15) is 0 Å². The summed E-state index contributed by atoms with van der Waals surface area (Å²) in [6, 6.07) is 1.42. The van der Waals surface area contributed by atoms with Gasteiger partial charge in [0.05, 0.1) is 0 Å². The van der Waals surface area contributed by atoms with Crippen molar-refractivity contribution in [2.24, 2.45) is 34.4 Å². The zero-order chi connectivity index (χ0) is 32.0. The van der Waals surface area contributed by atoms with Crippen molar-refractivity contribution in [3.05, 3.63) is 0 Å². The van der Waals surface area contributed by atoms with E-state index < -0.39 is 0 Å². The normalized spacial score (nSPS) is 23.0. The lowest BCUT2D eigenvalue weighted by molar-refractivity contribution is 0.0960. The first-order valence-electron chi connectivity index (χ1n) is 17.3. The Morgan fingerprint density at radius 1 is 0.442 bits per heavy atom. The predicted molar refractivity (Wildman–Crippen MR) is 185 cm³/mol. The maximum atomic E-state index is 5.88. The Kier molecular flexibility index (Phi) is 23.3. The van der Waals surface area contributed by atoms with Crippen molar-refractivity contribution < 1.29 is 0 Å². The highest BCUT2D eigenvalue weighted by Gasteiger charge is 2.22. The van der Waals surface area contributed by atoms with Crippen LogP contribution in [-0.2, 0) is 0 Å². The van der Waals surface area contributed by atoms with Gasteiger partial charge in [-0.25, -0.2) is 0 Å². The van der Waals surface area contributed by atoms with Crippen LogP contribution in [-0.4, -0.2) is 184 Å². The average Bonchev–Trinajstić information content (AvgIpc) is 3.00. The number of nitrogens with zero attached hydrogens (tertiary/aromatic N) is 6. The van der Waals surface area contributed by atoms with E-state index in [2.05, 4.69) is 57.1 Å². The maximum absolute atomic E-state index is 5.88. The van der Waals surface area contributed by atoms with E-state index in [1.165, 1.54) is 39.3 Å². The number of rotatable bonds is 15. The van der Waals surface area contributed by atoms with Gasteiger partial charge in [0.25, 0.3) is 0 Å². The lowest BCUT2D eigenvalue weighted by Crippen LogP contribution is -2.54.